The zero-order valence-corrected chi connectivity index (χ0v) is 14.7. The van der Waals surface area contributed by atoms with E-state index >= 15 is 0 Å². The zero-order valence-electron chi connectivity index (χ0n) is 13.2. The van der Waals surface area contributed by atoms with Crippen molar-refractivity contribution in [3.05, 3.63) is 63.8 Å². The highest BCUT2D eigenvalue weighted by Gasteiger charge is 2.14. The van der Waals surface area contributed by atoms with Gasteiger partial charge in [-0.1, -0.05) is 29.3 Å². The van der Waals surface area contributed by atoms with Gasteiger partial charge in [0.05, 0.1) is 16.7 Å². The van der Waals surface area contributed by atoms with Crippen molar-refractivity contribution in [2.45, 2.75) is 0 Å². The predicted octanol–water partition coefficient (Wildman–Crippen LogP) is 3.07. The Morgan fingerprint density at radius 1 is 1.19 bits per heavy atom. The molecule has 3 aromatic rings. The lowest BCUT2D eigenvalue weighted by Crippen LogP contribution is -2.23. The summed E-state index contributed by atoms with van der Waals surface area (Å²) in [6.07, 6.45) is 2.55. The molecule has 0 unspecified atom stereocenters. The van der Waals surface area contributed by atoms with Crippen molar-refractivity contribution < 1.29 is 14.7 Å². The van der Waals surface area contributed by atoms with Gasteiger partial charge < -0.3 is 25.9 Å². The SMILES string of the molecule is Nc1cccc(NC(=O)/C=C/c2c(C(=O)[O-])[nH]c3cc(Cl)cc(Cl)c23)c1. The molecular formula is C18H12Cl2N3O3-. The summed E-state index contributed by atoms with van der Waals surface area (Å²) in [5, 5.41) is 15.1. The smallest absolute Gasteiger partial charge is 0.248 e. The fraction of sp³-hybridized carbons (Fsp3) is 0. The summed E-state index contributed by atoms with van der Waals surface area (Å²) in [7, 11) is 0. The Morgan fingerprint density at radius 3 is 2.65 bits per heavy atom. The van der Waals surface area contributed by atoms with Gasteiger partial charge in [-0.3, -0.25) is 4.79 Å². The Labute approximate surface area is 158 Å². The molecule has 0 aliphatic rings. The van der Waals surface area contributed by atoms with Crippen LogP contribution in [0.25, 0.3) is 17.0 Å². The molecule has 0 aliphatic carbocycles. The fourth-order valence-corrected chi connectivity index (χ4v) is 3.16. The van der Waals surface area contributed by atoms with Crippen LogP contribution in [0, 0.1) is 0 Å². The Morgan fingerprint density at radius 2 is 1.96 bits per heavy atom. The highest BCUT2D eigenvalue weighted by Crippen LogP contribution is 2.33. The summed E-state index contributed by atoms with van der Waals surface area (Å²) < 4.78 is 0. The molecule has 1 heterocycles. The number of anilines is 2. The van der Waals surface area contributed by atoms with Crippen LogP contribution >= 0.6 is 23.2 Å². The molecular weight excluding hydrogens is 377 g/mol. The van der Waals surface area contributed by atoms with Gasteiger partial charge in [0, 0.05) is 38.9 Å². The molecule has 0 radical (unpaired) electrons. The summed E-state index contributed by atoms with van der Waals surface area (Å²) in [5.74, 6) is -1.89. The first-order chi connectivity index (χ1) is 12.3. The molecule has 3 rings (SSSR count). The number of rotatable bonds is 4. The van der Waals surface area contributed by atoms with Crippen molar-refractivity contribution in [3.8, 4) is 0 Å². The van der Waals surface area contributed by atoms with E-state index in [2.05, 4.69) is 10.3 Å². The number of carbonyl (C=O) groups excluding carboxylic acids is 2. The number of hydrogen-bond donors (Lipinski definition) is 3. The number of aromatic nitrogens is 1. The Bertz CT molecular complexity index is 1060. The molecule has 4 N–H and O–H groups in total. The molecule has 2 aromatic carbocycles. The first-order valence-electron chi connectivity index (χ1n) is 7.42. The quantitative estimate of drug-likeness (QED) is 0.470. The number of halogens is 2. The molecule has 0 spiro atoms. The number of aromatic amines is 1. The average molecular weight is 389 g/mol. The first-order valence-corrected chi connectivity index (χ1v) is 8.17. The van der Waals surface area contributed by atoms with E-state index in [1.807, 2.05) is 0 Å². The summed E-state index contributed by atoms with van der Waals surface area (Å²) in [6, 6.07) is 9.70. The van der Waals surface area contributed by atoms with Crippen molar-refractivity contribution in [2.75, 3.05) is 11.1 Å². The lowest BCUT2D eigenvalue weighted by Gasteiger charge is -2.04. The van der Waals surface area contributed by atoms with E-state index in [-0.39, 0.29) is 16.3 Å². The van der Waals surface area contributed by atoms with Crippen molar-refractivity contribution in [1.29, 1.82) is 0 Å². The number of carboxylic acids is 1. The molecule has 0 saturated heterocycles. The highest BCUT2D eigenvalue weighted by molar-refractivity contribution is 6.39. The number of nitrogens with one attached hydrogen (secondary N) is 2. The van der Waals surface area contributed by atoms with E-state index in [9.17, 15) is 14.7 Å². The minimum absolute atomic E-state index is 0.197. The molecule has 0 fully saturated rings. The number of carbonyl (C=O) groups is 2. The Kier molecular flexibility index (Phi) is 4.88. The van der Waals surface area contributed by atoms with E-state index in [0.717, 1.165) is 0 Å². The van der Waals surface area contributed by atoms with Crippen molar-refractivity contribution in [2.24, 2.45) is 0 Å². The maximum Gasteiger partial charge on any atom is 0.248 e. The minimum Gasteiger partial charge on any atom is -0.543 e. The molecule has 6 nitrogen and oxygen atoms in total. The topological polar surface area (TPSA) is 111 Å². The van der Waals surface area contributed by atoms with E-state index in [1.165, 1.54) is 18.2 Å². The summed E-state index contributed by atoms with van der Waals surface area (Å²) in [4.78, 5) is 26.2. The van der Waals surface area contributed by atoms with Crippen molar-refractivity contribution >= 4 is 63.4 Å². The van der Waals surface area contributed by atoms with Gasteiger partial charge >= 0.3 is 0 Å². The lowest BCUT2D eigenvalue weighted by molar-refractivity contribution is -0.255. The number of nitrogens with two attached hydrogens (primary N) is 1. The van der Waals surface area contributed by atoms with Crippen LogP contribution in [0.3, 0.4) is 0 Å². The standard InChI is InChI=1S/C18H13Cl2N3O3/c19-9-6-13(20)16-12(17(18(25)26)23-14(16)7-9)4-5-15(24)22-11-3-1-2-10(21)8-11/h1-8,23H,21H2,(H,22,24)(H,25,26)/p-1/b5-4+. The van der Waals surface area contributed by atoms with Gasteiger partial charge in [0.25, 0.3) is 0 Å². The fourth-order valence-electron chi connectivity index (χ4n) is 2.56. The number of H-pyrrole nitrogens is 1. The molecule has 0 bridgehead atoms. The minimum atomic E-state index is -1.43. The average Bonchev–Trinajstić information content (AvgIpc) is 2.92. The van der Waals surface area contributed by atoms with Gasteiger partial charge in [-0.15, -0.1) is 0 Å². The number of benzene rings is 2. The number of hydrogen-bond acceptors (Lipinski definition) is 4. The van der Waals surface area contributed by atoms with Crippen LogP contribution in [0.15, 0.2) is 42.5 Å². The Hall–Kier alpha value is -2.96. The van der Waals surface area contributed by atoms with Crippen LogP contribution < -0.4 is 16.2 Å². The van der Waals surface area contributed by atoms with E-state index < -0.39 is 11.9 Å². The number of aromatic carboxylic acids is 1. The zero-order chi connectivity index (χ0) is 18.8. The molecule has 8 heteroatoms. The van der Waals surface area contributed by atoms with Gasteiger partial charge in [0.2, 0.25) is 5.91 Å². The second kappa shape index (κ2) is 7.11. The van der Waals surface area contributed by atoms with E-state index in [4.69, 9.17) is 28.9 Å². The maximum atomic E-state index is 12.1. The van der Waals surface area contributed by atoms with Crippen LogP contribution in [-0.2, 0) is 4.79 Å². The third kappa shape index (κ3) is 3.66. The van der Waals surface area contributed by atoms with Gasteiger partial charge in [-0.05, 0) is 36.4 Å². The summed E-state index contributed by atoms with van der Waals surface area (Å²) >= 11 is 12.1. The molecule has 0 saturated carbocycles. The van der Waals surface area contributed by atoms with Crippen molar-refractivity contribution in [1.82, 2.24) is 4.98 Å². The highest BCUT2D eigenvalue weighted by atomic mass is 35.5. The van der Waals surface area contributed by atoms with Gasteiger partial charge in [-0.2, -0.15) is 0 Å². The second-order valence-electron chi connectivity index (χ2n) is 5.46. The molecule has 132 valence electrons. The third-order valence-electron chi connectivity index (χ3n) is 3.61. The second-order valence-corrected chi connectivity index (χ2v) is 6.30. The van der Waals surface area contributed by atoms with Gasteiger partial charge in [0.15, 0.2) is 0 Å². The molecule has 1 aromatic heterocycles. The van der Waals surface area contributed by atoms with Crippen LogP contribution in [0.5, 0.6) is 0 Å². The number of fused-ring (bicyclic) bond motifs is 1. The van der Waals surface area contributed by atoms with Crippen molar-refractivity contribution in [3.63, 3.8) is 0 Å². The van der Waals surface area contributed by atoms with Crippen LogP contribution in [0.2, 0.25) is 10.0 Å². The van der Waals surface area contributed by atoms with Gasteiger partial charge in [0.1, 0.15) is 0 Å². The molecule has 26 heavy (non-hydrogen) atoms. The van der Waals surface area contributed by atoms with Gasteiger partial charge in [-0.25, -0.2) is 0 Å². The van der Waals surface area contributed by atoms with Crippen LogP contribution in [-0.4, -0.2) is 16.9 Å². The van der Waals surface area contributed by atoms with E-state index in [0.29, 0.717) is 27.3 Å². The Balaban J connectivity index is 1.96. The number of nitrogen functional groups attached to an aromatic ring is 1. The molecule has 0 atom stereocenters. The normalized spacial score (nSPS) is 11.2. The van der Waals surface area contributed by atoms with Crippen LogP contribution in [0.4, 0.5) is 11.4 Å². The summed E-state index contributed by atoms with van der Waals surface area (Å²) in [5.41, 5.74) is 7.14. The monoisotopic (exact) mass is 388 g/mol. The molecule has 1 amide bonds. The predicted molar refractivity (Wildman–Crippen MR) is 101 cm³/mol. The first kappa shape index (κ1) is 17.8. The summed E-state index contributed by atoms with van der Waals surface area (Å²) in [6.45, 7) is 0. The largest absolute Gasteiger partial charge is 0.543 e. The number of amides is 1. The lowest BCUT2D eigenvalue weighted by atomic mass is 10.1. The van der Waals surface area contributed by atoms with Crippen LogP contribution in [0.1, 0.15) is 16.1 Å². The van der Waals surface area contributed by atoms with E-state index in [1.54, 1.807) is 30.3 Å². The maximum absolute atomic E-state index is 12.1. The number of carboxylic acid groups (broad SMARTS) is 1. The molecule has 0 aliphatic heterocycles. The third-order valence-corrected chi connectivity index (χ3v) is 4.13.